The van der Waals surface area contributed by atoms with E-state index in [-0.39, 0.29) is 0 Å². The molecule has 0 aromatic carbocycles. The molecule has 2 heterocycles. The fourth-order valence-electron chi connectivity index (χ4n) is 1.82. The monoisotopic (exact) mass is 316 g/mol. The first-order valence-corrected chi connectivity index (χ1v) is 6.60. The summed E-state index contributed by atoms with van der Waals surface area (Å²) in [6, 6.07) is 0. The first-order chi connectivity index (χ1) is 8.15. The molecule has 0 amide bonds. The second-order valence-electron chi connectivity index (χ2n) is 3.98. The summed E-state index contributed by atoms with van der Waals surface area (Å²) in [6.45, 7) is 8.25. The van der Waals surface area contributed by atoms with Crippen LogP contribution in [0.5, 0.6) is 0 Å². The molecule has 0 bridgehead atoms. The molecule has 6 heteroatoms. The van der Waals surface area contributed by atoms with E-state index in [9.17, 15) is 0 Å². The minimum absolute atomic E-state index is 0.693. The van der Waals surface area contributed by atoms with Gasteiger partial charge in [0.15, 0.2) is 0 Å². The van der Waals surface area contributed by atoms with Gasteiger partial charge in [0.05, 0.1) is 4.47 Å². The van der Waals surface area contributed by atoms with Crippen LogP contribution in [-0.2, 0) is 0 Å². The van der Waals surface area contributed by atoms with Gasteiger partial charge in [0.1, 0.15) is 0 Å². The quantitative estimate of drug-likeness (QED) is 0.855. The molecule has 1 aromatic rings. The van der Waals surface area contributed by atoms with Crippen LogP contribution < -0.4 is 4.90 Å². The highest BCUT2D eigenvalue weighted by atomic mass is 79.9. The Balaban J connectivity index is 1.90. The normalized spacial score (nSPS) is 17.2. The number of anilines is 1. The van der Waals surface area contributed by atoms with Crippen molar-refractivity contribution in [1.82, 2.24) is 14.9 Å². The van der Waals surface area contributed by atoms with E-state index in [0.717, 1.165) is 43.1 Å². The van der Waals surface area contributed by atoms with E-state index in [1.54, 1.807) is 12.4 Å². The average molecular weight is 318 g/mol. The predicted octanol–water partition coefficient (Wildman–Crippen LogP) is 2.11. The van der Waals surface area contributed by atoms with Crippen molar-refractivity contribution in [3.63, 3.8) is 0 Å². The van der Waals surface area contributed by atoms with Crippen LogP contribution in [0.1, 0.15) is 0 Å². The molecule has 4 nitrogen and oxygen atoms in total. The molecular formula is C11H14BrClN4. The Hall–Kier alpha value is -0.650. The van der Waals surface area contributed by atoms with Crippen molar-refractivity contribution in [3.8, 4) is 0 Å². The van der Waals surface area contributed by atoms with Gasteiger partial charge in [0.2, 0.25) is 5.95 Å². The third-order valence-corrected chi connectivity index (χ3v) is 3.19. The zero-order valence-electron chi connectivity index (χ0n) is 9.44. The molecule has 1 aliphatic rings. The summed E-state index contributed by atoms with van der Waals surface area (Å²) in [5, 5.41) is 0.693. The predicted molar refractivity (Wildman–Crippen MR) is 73.4 cm³/mol. The van der Waals surface area contributed by atoms with E-state index in [1.807, 2.05) is 0 Å². The summed E-state index contributed by atoms with van der Waals surface area (Å²) in [6.07, 6.45) is 3.55. The Bertz CT molecular complexity index is 387. The number of hydrogen-bond donors (Lipinski definition) is 0. The number of rotatable bonds is 3. The highest BCUT2D eigenvalue weighted by molar-refractivity contribution is 9.10. The Labute approximate surface area is 114 Å². The summed E-state index contributed by atoms with van der Waals surface area (Å²) in [5.74, 6) is 0.789. The molecule has 1 aromatic heterocycles. The van der Waals surface area contributed by atoms with E-state index in [4.69, 9.17) is 11.6 Å². The number of aromatic nitrogens is 2. The number of piperazine rings is 1. The van der Waals surface area contributed by atoms with E-state index in [0.29, 0.717) is 5.03 Å². The van der Waals surface area contributed by atoms with Crippen LogP contribution in [0.4, 0.5) is 5.95 Å². The van der Waals surface area contributed by atoms with Gasteiger partial charge in [-0.05, 0) is 15.9 Å². The molecule has 0 N–H and O–H groups in total. The maximum Gasteiger partial charge on any atom is 0.225 e. The zero-order chi connectivity index (χ0) is 12.3. The maximum atomic E-state index is 5.80. The Morgan fingerprint density at radius 1 is 1.29 bits per heavy atom. The molecule has 1 aliphatic heterocycles. The summed E-state index contributed by atoms with van der Waals surface area (Å²) < 4.78 is 0.901. The van der Waals surface area contributed by atoms with E-state index in [2.05, 4.69) is 42.3 Å². The first-order valence-electron chi connectivity index (χ1n) is 5.43. The van der Waals surface area contributed by atoms with Crippen molar-refractivity contribution < 1.29 is 0 Å². The topological polar surface area (TPSA) is 32.3 Å². The second kappa shape index (κ2) is 5.80. The molecule has 1 fully saturated rings. The molecule has 0 aliphatic carbocycles. The van der Waals surface area contributed by atoms with Crippen molar-refractivity contribution in [1.29, 1.82) is 0 Å². The van der Waals surface area contributed by atoms with Crippen LogP contribution in [-0.4, -0.2) is 47.6 Å². The molecule has 2 rings (SSSR count). The van der Waals surface area contributed by atoms with Crippen LogP contribution >= 0.6 is 27.5 Å². The molecular weight excluding hydrogens is 304 g/mol. The van der Waals surface area contributed by atoms with Gasteiger partial charge in [-0.3, -0.25) is 4.90 Å². The summed E-state index contributed by atoms with van der Waals surface area (Å²) >= 11 is 9.13. The van der Waals surface area contributed by atoms with Gasteiger partial charge in [-0.1, -0.05) is 18.2 Å². The number of nitrogens with zero attached hydrogens (tertiary/aromatic N) is 4. The van der Waals surface area contributed by atoms with Gasteiger partial charge in [-0.15, -0.1) is 0 Å². The van der Waals surface area contributed by atoms with Crippen molar-refractivity contribution in [3.05, 3.63) is 28.5 Å². The van der Waals surface area contributed by atoms with Gasteiger partial charge in [0.25, 0.3) is 0 Å². The fraction of sp³-hybridized carbons (Fsp3) is 0.455. The lowest BCUT2D eigenvalue weighted by atomic mass is 10.3. The van der Waals surface area contributed by atoms with Crippen molar-refractivity contribution >= 4 is 33.5 Å². The average Bonchev–Trinajstić information content (AvgIpc) is 2.30. The minimum Gasteiger partial charge on any atom is -0.338 e. The van der Waals surface area contributed by atoms with Gasteiger partial charge < -0.3 is 4.90 Å². The molecule has 0 spiro atoms. The Morgan fingerprint density at radius 3 is 2.41 bits per heavy atom. The van der Waals surface area contributed by atoms with Gasteiger partial charge in [0, 0.05) is 50.1 Å². The largest absolute Gasteiger partial charge is 0.338 e. The highest BCUT2D eigenvalue weighted by Crippen LogP contribution is 2.14. The van der Waals surface area contributed by atoms with Gasteiger partial charge in [-0.2, -0.15) is 0 Å². The van der Waals surface area contributed by atoms with E-state index < -0.39 is 0 Å². The van der Waals surface area contributed by atoms with Gasteiger partial charge in [-0.25, -0.2) is 9.97 Å². The van der Waals surface area contributed by atoms with Crippen LogP contribution in [0.25, 0.3) is 0 Å². The molecule has 0 atom stereocenters. The molecule has 0 saturated carbocycles. The third kappa shape index (κ3) is 3.66. The van der Waals surface area contributed by atoms with Gasteiger partial charge >= 0.3 is 0 Å². The first kappa shape index (κ1) is 12.8. The third-order valence-electron chi connectivity index (χ3n) is 2.66. The van der Waals surface area contributed by atoms with Crippen LogP contribution in [0.2, 0.25) is 0 Å². The summed E-state index contributed by atoms with van der Waals surface area (Å²) in [7, 11) is 0. The van der Waals surface area contributed by atoms with E-state index >= 15 is 0 Å². The minimum atomic E-state index is 0.693. The number of hydrogen-bond acceptors (Lipinski definition) is 4. The standard InChI is InChI=1S/C11H14BrClN4/c1-9(13)8-16-2-4-17(5-3-16)11-14-6-10(12)7-15-11/h6-7H,1-5,8H2. The summed E-state index contributed by atoms with van der Waals surface area (Å²) in [4.78, 5) is 13.1. The fourth-order valence-corrected chi connectivity index (χ4v) is 2.19. The van der Waals surface area contributed by atoms with E-state index in [1.165, 1.54) is 0 Å². The van der Waals surface area contributed by atoms with Crippen LogP contribution in [0.3, 0.4) is 0 Å². The van der Waals surface area contributed by atoms with Crippen molar-refractivity contribution in [2.75, 3.05) is 37.6 Å². The lowest BCUT2D eigenvalue weighted by molar-refractivity contribution is 0.281. The van der Waals surface area contributed by atoms with Crippen molar-refractivity contribution in [2.24, 2.45) is 0 Å². The molecule has 1 saturated heterocycles. The van der Waals surface area contributed by atoms with Crippen molar-refractivity contribution in [2.45, 2.75) is 0 Å². The number of halogens is 2. The Morgan fingerprint density at radius 2 is 1.88 bits per heavy atom. The maximum absolute atomic E-state index is 5.80. The summed E-state index contributed by atoms with van der Waals surface area (Å²) in [5.41, 5.74) is 0. The highest BCUT2D eigenvalue weighted by Gasteiger charge is 2.18. The smallest absolute Gasteiger partial charge is 0.225 e. The zero-order valence-corrected chi connectivity index (χ0v) is 11.8. The second-order valence-corrected chi connectivity index (χ2v) is 5.43. The lowest BCUT2D eigenvalue weighted by Crippen LogP contribution is -2.47. The van der Waals surface area contributed by atoms with Crippen LogP contribution in [0, 0.1) is 0 Å². The molecule has 92 valence electrons. The Kier molecular flexibility index (Phi) is 4.36. The molecule has 0 radical (unpaired) electrons. The molecule has 17 heavy (non-hydrogen) atoms. The lowest BCUT2D eigenvalue weighted by Gasteiger charge is -2.34. The molecule has 0 unspecified atom stereocenters. The SMILES string of the molecule is C=C(Cl)CN1CCN(c2ncc(Br)cn2)CC1. The van der Waals surface area contributed by atoms with Crippen LogP contribution in [0.15, 0.2) is 28.5 Å².